The van der Waals surface area contributed by atoms with E-state index >= 15 is 0 Å². The summed E-state index contributed by atoms with van der Waals surface area (Å²) in [5, 5.41) is 19.7. The zero-order valence-corrected chi connectivity index (χ0v) is 18.7. The molecule has 1 N–H and O–H groups in total. The van der Waals surface area contributed by atoms with Gasteiger partial charge < -0.3 is 19.5 Å². The fourth-order valence-corrected chi connectivity index (χ4v) is 3.87. The Morgan fingerprint density at radius 3 is 2.38 bits per heavy atom. The Hall–Kier alpha value is -2.93. The molecular formula is C25H27F3N2O4. The fourth-order valence-electron chi connectivity index (χ4n) is 3.87. The van der Waals surface area contributed by atoms with Gasteiger partial charge >= 0.3 is 6.18 Å². The SMILES string of the molecule is N#C/C(C(=O)CCCOCCOCCO)=C(\c1ccc2ccccc2c1N1CCC1)C(F)(F)F. The van der Waals surface area contributed by atoms with Gasteiger partial charge in [-0.2, -0.15) is 18.4 Å². The second-order valence-electron chi connectivity index (χ2n) is 7.86. The molecule has 3 rings (SSSR count). The van der Waals surface area contributed by atoms with Crippen molar-refractivity contribution >= 4 is 27.8 Å². The molecule has 0 amide bonds. The number of aliphatic hydroxyl groups is 1. The van der Waals surface area contributed by atoms with Crippen LogP contribution in [0.3, 0.4) is 0 Å². The lowest BCUT2D eigenvalue weighted by molar-refractivity contribution is -0.116. The van der Waals surface area contributed by atoms with E-state index in [9.17, 15) is 23.2 Å². The fraction of sp³-hybridized carbons (Fsp3) is 0.440. The number of nitrogens with zero attached hydrogens (tertiary/aromatic N) is 2. The number of anilines is 1. The number of rotatable bonds is 12. The van der Waals surface area contributed by atoms with Crippen LogP contribution in [0.2, 0.25) is 0 Å². The van der Waals surface area contributed by atoms with Crippen molar-refractivity contribution in [3.63, 3.8) is 0 Å². The van der Waals surface area contributed by atoms with E-state index in [4.69, 9.17) is 14.6 Å². The molecule has 0 radical (unpaired) electrons. The second kappa shape index (κ2) is 12.0. The molecule has 34 heavy (non-hydrogen) atoms. The predicted octanol–water partition coefficient (Wildman–Crippen LogP) is 4.26. The van der Waals surface area contributed by atoms with E-state index in [1.165, 1.54) is 12.1 Å². The molecule has 2 aromatic carbocycles. The first-order chi connectivity index (χ1) is 16.4. The van der Waals surface area contributed by atoms with Crippen molar-refractivity contribution in [2.24, 2.45) is 0 Å². The molecule has 0 aliphatic carbocycles. The highest BCUT2D eigenvalue weighted by atomic mass is 19.4. The standard InChI is InChI=1S/C25H27F3N2O4/c26-25(27,28)23(21(17-29)22(32)7-3-13-33-15-16-34-14-12-31)20-9-8-18-5-1-2-6-19(18)24(20)30-10-4-11-30/h1-2,5-6,8-9,31H,3-4,7,10-16H2/b23-21-. The lowest BCUT2D eigenvalue weighted by Gasteiger charge is -2.36. The Morgan fingerprint density at radius 1 is 1.06 bits per heavy atom. The molecule has 1 heterocycles. The number of hydrogen-bond acceptors (Lipinski definition) is 6. The van der Waals surface area contributed by atoms with Gasteiger partial charge in [0.05, 0.1) is 37.7 Å². The van der Waals surface area contributed by atoms with Gasteiger partial charge in [0.2, 0.25) is 0 Å². The number of nitriles is 1. The van der Waals surface area contributed by atoms with Crippen LogP contribution in [-0.4, -0.2) is 63.2 Å². The highest BCUT2D eigenvalue weighted by Gasteiger charge is 2.41. The molecule has 0 aromatic heterocycles. The summed E-state index contributed by atoms with van der Waals surface area (Å²) in [7, 11) is 0. The normalized spacial score (nSPS) is 14.5. The highest BCUT2D eigenvalue weighted by molar-refractivity contribution is 6.10. The lowest BCUT2D eigenvalue weighted by Crippen LogP contribution is -2.38. The Labute approximate surface area is 196 Å². The molecule has 0 spiro atoms. The summed E-state index contributed by atoms with van der Waals surface area (Å²) < 4.78 is 53.3. The largest absolute Gasteiger partial charge is 0.418 e. The van der Waals surface area contributed by atoms with Crippen molar-refractivity contribution in [1.29, 1.82) is 5.26 Å². The monoisotopic (exact) mass is 476 g/mol. The third kappa shape index (κ3) is 6.14. The molecule has 0 unspecified atom stereocenters. The zero-order valence-electron chi connectivity index (χ0n) is 18.7. The number of aliphatic hydroxyl groups excluding tert-OH is 1. The summed E-state index contributed by atoms with van der Waals surface area (Å²) in [4.78, 5) is 14.6. The number of benzene rings is 2. The van der Waals surface area contributed by atoms with Gasteiger partial charge in [0, 0.05) is 37.1 Å². The van der Waals surface area contributed by atoms with Crippen molar-refractivity contribution in [2.75, 3.05) is 51.0 Å². The topological polar surface area (TPSA) is 82.8 Å². The Morgan fingerprint density at radius 2 is 1.76 bits per heavy atom. The van der Waals surface area contributed by atoms with Crippen molar-refractivity contribution in [3.8, 4) is 6.07 Å². The van der Waals surface area contributed by atoms with E-state index in [0.29, 0.717) is 24.2 Å². The first-order valence-corrected chi connectivity index (χ1v) is 11.2. The van der Waals surface area contributed by atoms with Crippen molar-refractivity contribution < 1.29 is 32.5 Å². The molecule has 182 valence electrons. The minimum absolute atomic E-state index is 0.101. The van der Waals surface area contributed by atoms with E-state index in [-0.39, 0.29) is 51.4 Å². The second-order valence-corrected chi connectivity index (χ2v) is 7.86. The van der Waals surface area contributed by atoms with Crippen LogP contribution in [-0.2, 0) is 14.3 Å². The van der Waals surface area contributed by atoms with Gasteiger partial charge in [-0.1, -0.05) is 36.4 Å². The molecule has 1 aliphatic rings. The molecule has 0 bridgehead atoms. The van der Waals surface area contributed by atoms with Crippen LogP contribution in [0.15, 0.2) is 42.0 Å². The van der Waals surface area contributed by atoms with Crippen LogP contribution in [0, 0.1) is 11.3 Å². The third-order valence-electron chi connectivity index (χ3n) is 5.57. The van der Waals surface area contributed by atoms with E-state index in [2.05, 4.69) is 0 Å². The van der Waals surface area contributed by atoms with Gasteiger partial charge in [-0.3, -0.25) is 4.79 Å². The van der Waals surface area contributed by atoms with Crippen molar-refractivity contribution in [2.45, 2.75) is 25.4 Å². The number of Topliss-reactive ketones (excluding diaryl/α,β-unsaturated/α-hetero) is 1. The van der Waals surface area contributed by atoms with Crippen LogP contribution >= 0.6 is 0 Å². The van der Waals surface area contributed by atoms with Crippen LogP contribution in [0.4, 0.5) is 18.9 Å². The number of ketones is 1. The predicted molar refractivity (Wildman–Crippen MR) is 122 cm³/mol. The minimum atomic E-state index is -4.89. The van der Waals surface area contributed by atoms with E-state index < -0.39 is 23.1 Å². The number of halogens is 3. The van der Waals surface area contributed by atoms with Crippen LogP contribution < -0.4 is 4.90 Å². The Bertz CT molecular complexity index is 1070. The number of ether oxygens (including phenoxy) is 2. The van der Waals surface area contributed by atoms with Gasteiger partial charge in [-0.05, 0) is 18.2 Å². The van der Waals surface area contributed by atoms with Gasteiger partial charge in [-0.15, -0.1) is 0 Å². The number of allylic oxidation sites excluding steroid dienone is 2. The van der Waals surface area contributed by atoms with Crippen LogP contribution in [0.5, 0.6) is 0 Å². The first kappa shape index (κ1) is 25.7. The third-order valence-corrected chi connectivity index (χ3v) is 5.57. The molecule has 2 aromatic rings. The summed E-state index contributed by atoms with van der Waals surface area (Å²) in [6.07, 6.45) is -4.09. The molecule has 1 saturated heterocycles. The molecule has 9 heteroatoms. The molecule has 1 aliphatic heterocycles. The Kier molecular flexibility index (Phi) is 9.05. The van der Waals surface area contributed by atoms with Crippen LogP contribution in [0.1, 0.15) is 24.8 Å². The number of carbonyl (C=O) groups is 1. The highest BCUT2D eigenvalue weighted by Crippen LogP contribution is 2.44. The van der Waals surface area contributed by atoms with Gasteiger partial charge in [0.15, 0.2) is 5.78 Å². The zero-order chi connectivity index (χ0) is 24.6. The average molecular weight is 476 g/mol. The smallest absolute Gasteiger partial charge is 0.394 e. The number of hydrogen-bond donors (Lipinski definition) is 1. The van der Waals surface area contributed by atoms with E-state index in [1.54, 1.807) is 18.2 Å². The summed E-state index contributed by atoms with van der Waals surface area (Å²) >= 11 is 0. The molecular weight excluding hydrogens is 449 g/mol. The molecule has 0 atom stereocenters. The van der Waals surface area contributed by atoms with Gasteiger partial charge in [-0.25, -0.2) is 0 Å². The maximum atomic E-state index is 14.3. The lowest BCUT2D eigenvalue weighted by atomic mass is 9.90. The number of fused-ring (bicyclic) bond motifs is 1. The molecule has 0 saturated carbocycles. The van der Waals surface area contributed by atoms with Crippen LogP contribution in [0.25, 0.3) is 16.3 Å². The quantitative estimate of drug-likeness (QED) is 0.280. The Balaban J connectivity index is 1.88. The summed E-state index contributed by atoms with van der Waals surface area (Å²) in [6, 6.07) is 11.6. The number of carbonyl (C=O) groups excluding carboxylic acids is 1. The summed E-state index contributed by atoms with van der Waals surface area (Å²) in [5.74, 6) is -0.863. The summed E-state index contributed by atoms with van der Waals surface area (Å²) in [6.45, 7) is 1.95. The van der Waals surface area contributed by atoms with E-state index in [0.717, 1.165) is 11.8 Å². The average Bonchev–Trinajstić information content (AvgIpc) is 2.77. The minimum Gasteiger partial charge on any atom is -0.394 e. The van der Waals surface area contributed by atoms with Crippen molar-refractivity contribution in [3.05, 3.63) is 47.5 Å². The summed E-state index contributed by atoms with van der Waals surface area (Å²) in [5.41, 5.74) is -1.81. The van der Waals surface area contributed by atoms with Gasteiger partial charge in [0.25, 0.3) is 0 Å². The first-order valence-electron chi connectivity index (χ1n) is 11.2. The van der Waals surface area contributed by atoms with Crippen molar-refractivity contribution in [1.82, 2.24) is 0 Å². The number of alkyl halides is 3. The molecule has 6 nitrogen and oxygen atoms in total. The molecule has 1 fully saturated rings. The maximum absolute atomic E-state index is 14.3. The van der Waals surface area contributed by atoms with Gasteiger partial charge in [0.1, 0.15) is 11.6 Å². The van der Waals surface area contributed by atoms with E-state index in [1.807, 2.05) is 17.0 Å². The maximum Gasteiger partial charge on any atom is 0.418 e.